The van der Waals surface area contributed by atoms with Gasteiger partial charge in [0.2, 0.25) is 0 Å². The summed E-state index contributed by atoms with van der Waals surface area (Å²) in [7, 11) is 0. The fourth-order valence-electron chi connectivity index (χ4n) is 3.41. The third-order valence-electron chi connectivity index (χ3n) is 4.68. The Balaban J connectivity index is 1.48. The van der Waals surface area contributed by atoms with E-state index < -0.39 is 5.97 Å². The van der Waals surface area contributed by atoms with Crippen molar-refractivity contribution < 1.29 is 9.90 Å². The summed E-state index contributed by atoms with van der Waals surface area (Å²) in [6.07, 6.45) is 4.05. The van der Waals surface area contributed by atoms with Crippen molar-refractivity contribution >= 4 is 5.97 Å². The van der Waals surface area contributed by atoms with Gasteiger partial charge in [0.1, 0.15) is 0 Å². The molecule has 0 bridgehead atoms. The van der Waals surface area contributed by atoms with Crippen LogP contribution < -0.4 is 0 Å². The summed E-state index contributed by atoms with van der Waals surface area (Å²) in [6.45, 7) is 5.76. The highest BCUT2D eigenvalue weighted by Gasteiger charge is 2.18. The van der Waals surface area contributed by atoms with Crippen LogP contribution in [-0.4, -0.2) is 53.6 Å². The van der Waals surface area contributed by atoms with Gasteiger partial charge in [0.15, 0.2) is 0 Å². The first-order valence-corrected chi connectivity index (χ1v) is 7.98. The molecule has 21 heavy (non-hydrogen) atoms. The molecule has 0 unspecified atom stereocenters. The van der Waals surface area contributed by atoms with E-state index >= 15 is 0 Å². The number of hydrogen-bond donors (Lipinski definition) is 1. The predicted molar refractivity (Wildman–Crippen MR) is 82.4 cm³/mol. The molecule has 1 aliphatic carbocycles. The molecule has 1 saturated heterocycles. The highest BCUT2D eigenvalue weighted by molar-refractivity contribution is 5.66. The van der Waals surface area contributed by atoms with Gasteiger partial charge in [-0.15, -0.1) is 0 Å². The Hall–Kier alpha value is -1.39. The first kappa shape index (κ1) is 14.5. The Kier molecular flexibility index (Phi) is 4.56. The molecule has 1 aromatic carbocycles. The molecule has 4 nitrogen and oxygen atoms in total. The maximum atomic E-state index is 10.6. The van der Waals surface area contributed by atoms with Crippen molar-refractivity contribution in [1.82, 2.24) is 9.80 Å². The molecule has 1 N–H and O–H groups in total. The lowest BCUT2D eigenvalue weighted by Gasteiger charge is -2.34. The number of aliphatic carboxylic acids is 1. The third-order valence-corrected chi connectivity index (χ3v) is 4.68. The molecule has 4 heteroatoms. The average molecular weight is 288 g/mol. The molecular weight excluding hydrogens is 264 g/mol. The van der Waals surface area contributed by atoms with Gasteiger partial charge in [-0.25, -0.2) is 0 Å². The predicted octanol–water partition coefficient (Wildman–Crippen LogP) is 1.77. The molecule has 1 fully saturated rings. The molecule has 114 valence electrons. The maximum Gasteiger partial charge on any atom is 0.304 e. The fourth-order valence-corrected chi connectivity index (χ4v) is 3.41. The monoisotopic (exact) mass is 288 g/mol. The molecule has 0 aromatic heterocycles. The van der Waals surface area contributed by atoms with Crippen LogP contribution in [0.3, 0.4) is 0 Å². The largest absolute Gasteiger partial charge is 0.481 e. The van der Waals surface area contributed by atoms with Crippen LogP contribution in [0.5, 0.6) is 0 Å². The Bertz CT molecular complexity index is 508. The van der Waals surface area contributed by atoms with Crippen molar-refractivity contribution in [1.29, 1.82) is 0 Å². The lowest BCUT2D eigenvalue weighted by molar-refractivity contribution is -0.137. The first-order valence-electron chi connectivity index (χ1n) is 7.98. The quantitative estimate of drug-likeness (QED) is 0.897. The van der Waals surface area contributed by atoms with E-state index in [1.165, 1.54) is 30.4 Å². The lowest BCUT2D eigenvalue weighted by Crippen LogP contribution is -2.46. The lowest BCUT2D eigenvalue weighted by atomic mass is 10.1. The van der Waals surface area contributed by atoms with Crippen LogP contribution in [0.1, 0.15) is 29.5 Å². The van der Waals surface area contributed by atoms with E-state index in [0.29, 0.717) is 6.54 Å². The number of carboxylic acid groups (broad SMARTS) is 1. The second kappa shape index (κ2) is 6.58. The third kappa shape index (κ3) is 3.83. The van der Waals surface area contributed by atoms with Gasteiger partial charge in [0.25, 0.3) is 0 Å². The number of nitrogens with zero attached hydrogens (tertiary/aromatic N) is 2. The van der Waals surface area contributed by atoms with Crippen LogP contribution in [-0.2, 0) is 24.2 Å². The van der Waals surface area contributed by atoms with Gasteiger partial charge in [-0.1, -0.05) is 18.2 Å². The fraction of sp³-hybridized carbons (Fsp3) is 0.588. The molecule has 1 aliphatic heterocycles. The minimum absolute atomic E-state index is 0.255. The number of fused-ring (bicyclic) bond motifs is 1. The van der Waals surface area contributed by atoms with Crippen LogP contribution in [0.25, 0.3) is 0 Å². The second-order valence-electron chi connectivity index (χ2n) is 6.22. The topological polar surface area (TPSA) is 43.8 Å². The number of carbonyl (C=O) groups is 1. The SMILES string of the molecule is O=C(O)CCN1CCN(Cc2ccc3c(c2)CCC3)CC1. The Labute approximate surface area is 126 Å². The molecule has 1 heterocycles. The minimum atomic E-state index is -0.699. The zero-order valence-corrected chi connectivity index (χ0v) is 12.6. The van der Waals surface area contributed by atoms with E-state index in [2.05, 4.69) is 28.0 Å². The molecule has 0 saturated carbocycles. The summed E-state index contributed by atoms with van der Waals surface area (Å²) >= 11 is 0. The first-order chi connectivity index (χ1) is 10.2. The number of carboxylic acids is 1. The second-order valence-corrected chi connectivity index (χ2v) is 6.22. The van der Waals surface area contributed by atoms with Crippen molar-refractivity contribution in [3.63, 3.8) is 0 Å². The highest BCUT2D eigenvalue weighted by atomic mass is 16.4. The van der Waals surface area contributed by atoms with Gasteiger partial charge in [-0.3, -0.25) is 9.69 Å². The standard InChI is InChI=1S/C17H24N2O2/c20-17(21)6-7-18-8-10-19(11-9-18)13-14-4-5-15-2-1-3-16(15)12-14/h4-5,12H,1-3,6-11,13H2,(H,20,21). The summed E-state index contributed by atoms with van der Waals surface area (Å²) in [5.74, 6) is -0.699. The van der Waals surface area contributed by atoms with Gasteiger partial charge in [-0.05, 0) is 36.0 Å². The average Bonchev–Trinajstić information content (AvgIpc) is 2.94. The molecular formula is C17H24N2O2. The van der Waals surface area contributed by atoms with E-state index in [1.807, 2.05) is 0 Å². The summed E-state index contributed by atoms with van der Waals surface area (Å²) in [5.41, 5.74) is 4.51. The smallest absolute Gasteiger partial charge is 0.304 e. The van der Waals surface area contributed by atoms with E-state index in [0.717, 1.165) is 32.7 Å². The number of piperazine rings is 1. The van der Waals surface area contributed by atoms with Crippen molar-refractivity contribution in [3.05, 3.63) is 34.9 Å². The van der Waals surface area contributed by atoms with Gasteiger partial charge >= 0.3 is 5.97 Å². The van der Waals surface area contributed by atoms with Crippen molar-refractivity contribution in [3.8, 4) is 0 Å². The number of rotatable bonds is 5. The van der Waals surface area contributed by atoms with Gasteiger partial charge in [0.05, 0.1) is 6.42 Å². The number of benzene rings is 1. The van der Waals surface area contributed by atoms with Crippen LogP contribution in [0.15, 0.2) is 18.2 Å². The zero-order valence-electron chi connectivity index (χ0n) is 12.6. The molecule has 0 atom stereocenters. The van der Waals surface area contributed by atoms with Gasteiger partial charge < -0.3 is 10.0 Å². The van der Waals surface area contributed by atoms with Crippen LogP contribution in [0.2, 0.25) is 0 Å². The van der Waals surface area contributed by atoms with Crippen molar-refractivity contribution in [2.24, 2.45) is 0 Å². The van der Waals surface area contributed by atoms with E-state index in [-0.39, 0.29) is 6.42 Å². The zero-order chi connectivity index (χ0) is 14.7. The molecule has 0 spiro atoms. The summed E-state index contributed by atoms with van der Waals surface area (Å²) in [4.78, 5) is 15.3. The maximum absolute atomic E-state index is 10.6. The minimum Gasteiger partial charge on any atom is -0.481 e. The molecule has 1 aromatic rings. The van der Waals surface area contributed by atoms with Crippen molar-refractivity contribution in [2.75, 3.05) is 32.7 Å². The van der Waals surface area contributed by atoms with Crippen LogP contribution in [0, 0.1) is 0 Å². The Morgan fingerprint density at radius 3 is 2.52 bits per heavy atom. The van der Waals surface area contributed by atoms with E-state index in [9.17, 15) is 4.79 Å². The Morgan fingerprint density at radius 1 is 1.05 bits per heavy atom. The summed E-state index contributed by atoms with van der Waals surface area (Å²) < 4.78 is 0. The highest BCUT2D eigenvalue weighted by Crippen LogP contribution is 2.23. The van der Waals surface area contributed by atoms with Crippen LogP contribution in [0.4, 0.5) is 0 Å². The normalized spacial score (nSPS) is 19.6. The Morgan fingerprint density at radius 2 is 1.76 bits per heavy atom. The van der Waals surface area contributed by atoms with E-state index in [1.54, 1.807) is 5.56 Å². The molecule has 0 amide bonds. The number of hydrogen-bond acceptors (Lipinski definition) is 3. The molecule has 0 radical (unpaired) electrons. The van der Waals surface area contributed by atoms with Crippen LogP contribution >= 0.6 is 0 Å². The molecule has 2 aliphatic rings. The van der Waals surface area contributed by atoms with Crippen molar-refractivity contribution in [2.45, 2.75) is 32.2 Å². The summed E-state index contributed by atoms with van der Waals surface area (Å²) in [6, 6.07) is 6.97. The van der Waals surface area contributed by atoms with E-state index in [4.69, 9.17) is 5.11 Å². The molecule has 3 rings (SSSR count). The van der Waals surface area contributed by atoms with Gasteiger partial charge in [0, 0.05) is 39.3 Å². The summed E-state index contributed by atoms with van der Waals surface area (Å²) in [5, 5.41) is 8.73. The number of aryl methyl sites for hydroxylation is 2. The van der Waals surface area contributed by atoms with Gasteiger partial charge in [-0.2, -0.15) is 0 Å².